The standard InChI is InChI=1S/C12H19BrN4/c1-3-12(2)4-6-17(7-5-12)11-9(13)10(14)15-8-16-11/h8H,3-7H2,1-2H3,(H2,14,15,16). The van der Waals surface area contributed by atoms with E-state index in [1.165, 1.54) is 25.6 Å². The summed E-state index contributed by atoms with van der Waals surface area (Å²) in [5.41, 5.74) is 6.27. The Morgan fingerprint density at radius 1 is 1.41 bits per heavy atom. The van der Waals surface area contributed by atoms with Crippen molar-refractivity contribution in [2.24, 2.45) is 5.41 Å². The third-order valence-corrected chi connectivity index (χ3v) is 4.68. The fraction of sp³-hybridized carbons (Fsp3) is 0.667. The first kappa shape index (κ1) is 12.6. The predicted octanol–water partition coefficient (Wildman–Crippen LogP) is 2.84. The van der Waals surface area contributed by atoms with E-state index < -0.39 is 0 Å². The molecule has 1 saturated heterocycles. The lowest BCUT2D eigenvalue weighted by molar-refractivity contribution is 0.237. The monoisotopic (exact) mass is 298 g/mol. The van der Waals surface area contributed by atoms with Crippen molar-refractivity contribution in [2.75, 3.05) is 23.7 Å². The number of nitrogens with two attached hydrogens (primary N) is 1. The van der Waals surface area contributed by atoms with Gasteiger partial charge in [-0.2, -0.15) is 0 Å². The summed E-state index contributed by atoms with van der Waals surface area (Å²) < 4.78 is 0.820. The summed E-state index contributed by atoms with van der Waals surface area (Å²) in [6.45, 7) is 6.72. The Morgan fingerprint density at radius 2 is 2.06 bits per heavy atom. The molecule has 0 aliphatic carbocycles. The molecule has 0 amide bonds. The highest BCUT2D eigenvalue weighted by Gasteiger charge is 2.29. The van der Waals surface area contributed by atoms with Gasteiger partial charge in [-0.3, -0.25) is 0 Å². The first-order chi connectivity index (χ1) is 8.06. The lowest BCUT2D eigenvalue weighted by atomic mass is 9.78. The van der Waals surface area contributed by atoms with E-state index in [1.54, 1.807) is 0 Å². The Morgan fingerprint density at radius 3 is 2.65 bits per heavy atom. The fourth-order valence-corrected chi connectivity index (χ4v) is 2.66. The molecule has 2 N–H and O–H groups in total. The molecule has 0 aromatic carbocycles. The van der Waals surface area contributed by atoms with Crippen molar-refractivity contribution >= 4 is 27.6 Å². The molecule has 5 heteroatoms. The van der Waals surface area contributed by atoms with Gasteiger partial charge in [-0.25, -0.2) is 9.97 Å². The highest BCUT2D eigenvalue weighted by atomic mass is 79.9. The molecule has 0 radical (unpaired) electrons. The van der Waals surface area contributed by atoms with Gasteiger partial charge in [-0.05, 0) is 34.2 Å². The van der Waals surface area contributed by atoms with Crippen molar-refractivity contribution in [3.63, 3.8) is 0 Å². The number of hydrogen-bond acceptors (Lipinski definition) is 4. The molecule has 4 nitrogen and oxygen atoms in total. The van der Waals surface area contributed by atoms with E-state index in [4.69, 9.17) is 5.73 Å². The lowest BCUT2D eigenvalue weighted by Crippen LogP contribution is -2.39. The van der Waals surface area contributed by atoms with Gasteiger partial charge in [0.15, 0.2) is 0 Å². The Hall–Kier alpha value is -0.840. The van der Waals surface area contributed by atoms with Crippen LogP contribution in [0, 0.1) is 5.41 Å². The average molecular weight is 299 g/mol. The summed E-state index contributed by atoms with van der Waals surface area (Å²) >= 11 is 3.47. The van der Waals surface area contributed by atoms with Gasteiger partial charge in [-0.15, -0.1) is 0 Å². The van der Waals surface area contributed by atoms with E-state index in [0.29, 0.717) is 11.2 Å². The summed E-state index contributed by atoms with van der Waals surface area (Å²) in [5.74, 6) is 1.44. The Bertz CT molecular complexity index is 399. The zero-order chi connectivity index (χ0) is 12.5. The van der Waals surface area contributed by atoms with Crippen molar-refractivity contribution in [2.45, 2.75) is 33.1 Å². The molecule has 0 spiro atoms. The predicted molar refractivity (Wildman–Crippen MR) is 74.0 cm³/mol. The van der Waals surface area contributed by atoms with Crippen molar-refractivity contribution < 1.29 is 0 Å². The smallest absolute Gasteiger partial charge is 0.148 e. The molecular formula is C12H19BrN4. The molecule has 0 atom stereocenters. The van der Waals surface area contributed by atoms with Crippen LogP contribution in [-0.4, -0.2) is 23.1 Å². The minimum Gasteiger partial charge on any atom is -0.383 e. The van der Waals surface area contributed by atoms with Crippen LogP contribution in [0.15, 0.2) is 10.8 Å². The third kappa shape index (κ3) is 2.54. The highest BCUT2D eigenvalue weighted by molar-refractivity contribution is 9.10. The SMILES string of the molecule is CCC1(C)CCN(c2ncnc(N)c2Br)CC1. The van der Waals surface area contributed by atoms with E-state index in [2.05, 4.69) is 44.6 Å². The molecule has 0 unspecified atom stereocenters. The summed E-state index contributed by atoms with van der Waals surface area (Å²) in [5, 5.41) is 0. The van der Waals surface area contributed by atoms with Crippen LogP contribution in [0.5, 0.6) is 0 Å². The van der Waals surface area contributed by atoms with Crippen LogP contribution in [0.2, 0.25) is 0 Å². The van der Waals surface area contributed by atoms with Crippen molar-refractivity contribution in [3.05, 3.63) is 10.8 Å². The molecule has 1 aliphatic heterocycles. The second-order valence-electron chi connectivity index (χ2n) is 5.05. The molecule has 1 aromatic rings. The molecular weight excluding hydrogens is 280 g/mol. The second kappa shape index (κ2) is 4.80. The Kier molecular flexibility index (Phi) is 3.56. The van der Waals surface area contributed by atoms with Gasteiger partial charge in [0.25, 0.3) is 0 Å². The lowest BCUT2D eigenvalue weighted by Gasteiger charge is -2.39. The van der Waals surface area contributed by atoms with Gasteiger partial charge < -0.3 is 10.6 Å². The Labute approximate surface area is 111 Å². The maximum atomic E-state index is 5.78. The van der Waals surface area contributed by atoms with Crippen LogP contribution in [0.3, 0.4) is 0 Å². The van der Waals surface area contributed by atoms with Gasteiger partial charge in [-0.1, -0.05) is 20.3 Å². The maximum Gasteiger partial charge on any atom is 0.148 e. The summed E-state index contributed by atoms with van der Waals surface area (Å²) in [6, 6.07) is 0. The fourth-order valence-electron chi connectivity index (χ4n) is 2.21. The topological polar surface area (TPSA) is 55.0 Å². The minimum atomic E-state index is 0.488. The molecule has 2 heterocycles. The van der Waals surface area contributed by atoms with Gasteiger partial charge in [0, 0.05) is 13.1 Å². The summed E-state index contributed by atoms with van der Waals surface area (Å²) in [6.07, 6.45) is 5.19. The number of anilines is 2. The number of aromatic nitrogens is 2. The molecule has 1 aliphatic rings. The quantitative estimate of drug-likeness (QED) is 0.912. The van der Waals surface area contributed by atoms with Crippen LogP contribution in [0.1, 0.15) is 33.1 Å². The van der Waals surface area contributed by atoms with Gasteiger partial charge >= 0.3 is 0 Å². The minimum absolute atomic E-state index is 0.488. The molecule has 17 heavy (non-hydrogen) atoms. The number of halogens is 1. The second-order valence-corrected chi connectivity index (χ2v) is 5.84. The van der Waals surface area contributed by atoms with Crippen LogP contribution in [-0.2, 0) is 0 Å². The van der Waals surface area contributed by atoms with Crippen LogP contribution in [0.4, 0.5) is 11.6 Å². The van der Waals surface area contributed by atoms with Crippen LogP contribution < -0.4 is 10.6 Å². The van der Waals surface area contributed by atoms with Crippen molar-refractivity contribution in [3.8, 4) is 0 Å². The molecule has 94 valence electrons. The summed E-state index contributed by atoms with van der Waals surface area (Å²) in [4.78, 5) is 10.6. The molecule has 0 saturated carbocycles. The van der Waals surface area contributed by atoms with Crippen molar-refractivity contribution in [1.29, 1.82) is 0 Å². The van der Waals surface area contributed by atoms with E-state index in [-0.39, 0.29) is 0 Å². The third-order valence-electron chi connectivity index (χ3n) is 3.92. The zero-order valence-electron chi connectivity index (χ0n) is 10.4. The Balaban J connectivity index is 2.13. The van der Waals surface area contributed by atoms with Gasteiger partial charge in [0.1, 0.15) is 22.4 Å². The number of nitrogens with zero attached hydrogens (tertiary/aromatic N) is 3. The van der Waals surface area contributed by atoms with Gasteiger partial charge in [0.05, 0.1) is 0 Å². The molecule has 2 rings (SSSR count). The molecule has 1 fully saturated rings. The molecule has 0 bridgehead atoms. The van der Waals surface area contributed by atoms with Crippen LogP contribution >= 0.6 is 15.9 Å². The molecule has 1 aromatic heterocycles. The zero-order valence-corrected chi connectivity index (χ0v) is 12.0. The van der Waals surface area contributed by atoms with E-state index in [0.717, 1.165) is 23.4 Å². The number of rotatable bonds is 2. The average Bonchev–Trinajstić information content (AvgIpc) is 2.34. The first-order valence-corrected chi connectivity index (χ1v) is 6.86. The maximum absolute atomic E-state index is 5.78. The summed E-state index contributed by atoms with van der Waals surface area (Å²) in [7, 11) is 0. The number of nitrogen functional groups attached to an aromatic ring is 1. The van der Waals surface area contributed by atoms with Crippen LogP contribution in [0.25, 0.3) is 0 Å². The largest absolute Gasteiger partial charge is 0.383 e. The normalized spacial score (nSPS) is 19.4. The highest BCUT2D eigenvalue weighted by Crippen LogP contribution is 2.37. The van der Waals surface area contributed by atoms with E-state index >= 15 is 0 Å². The first-order valence-electron chi connectivity index (χ1n) is 6.07. The number of hydrogen-bond donors (Lipinski definition) is 1. The van der Waals surface area contributed by atoms with Gasteiger partial charge in [0.2, 0.25) is 0 Å². The van der Waals surface area contributed by atoms with E-state index in [9.17, 15) is 0 Å². The van der Waals surface area contributed by atoms with Crippen molar-refractivity contribution in [1.82, 2.24) is 9.97 Å². The van der Waals surface area contributed by atoms with E-state index in [1.807, 2.05) is 0 Å². The number of piperidine rings is 1.